The molecule has 1 saturated heterocycles. The summed E-state index contributed by atoms with van der Waals surface area (Å²) in [6.45, 7) is 2.04. The highest BCUT2D eigenvalue weighted by Crippen LogP contribution is 2.39. The van der Waals surface area contributed by atoms with Crippen LogP contribution < -0.4 is 9.62 Å². The van der Waals surface area contributed by atoms with Gasteiger partial charge in [-0.25, -0.2) is 27.2 Å². The molecular weight excluding hydrogens is 538 g/mol. The molecule has 1 N–H and O–H groups in total. The van der Waals surface area contributed by atoms with Crippen molar-refractivity contribution in [1.82, 2.24) is 29.5 Å². The number of nitrogens with zero attached hydrogens (tertiary/aromatic N) is 7. The molecule has 4 aromatic rings. The molecule has 1 aromatic carbocycles. The molecule has 3 aromatic heterocycles. The Kier molecular flexibility index (Phi) is 6.02. The van der Waals surface area contributed by atoms with E-state index in [1.165, 1.54) is 23.0 Å². The largest absolute Gasteiger partial charge is 0.381 e. The van der Waals surface area contributed by atoms with Gasteiger partial charge >= 0.3 is 0 Å². The van der Waals surface area contributed by atoms with Crippen LogP contribution in [-0.4, -0.2) is 65.5 Å². The lowest BCUT2D eigenvalue weighted by Gasteiger charge is -2.22. The highest BCUT2D eigenvalue weighted by molar-refractivity contribution is 7.89. The van der Waals surface area contributed by atoms with Gasteiger partial charge in [-0.1, -0.05) is 17.4 Å². The third kappa shape index (κ3) is 4.27. The second-order valence-electron chi connectivity index (χ2n) is 9.54. The van der Waals surface area contributed by atoms with Crippen molar-refractivity contribution in [3.8, 4) is 11.2 Å². The number of aromatic nitrogens is 5. The average Bonchev–Trinajstić information content (AvgIpc) is 3.26. The number of alkyl halides is 2. The van der Waals surface area contributed by atoms with Gasteiger partial charge < -0.3 is 9.64 Å². The number of fused-ring (bicyclic) bond motifs is 3. The van der Waals surface area contributed by atoms with Gasteiger partial charge in [-0.15, -0.1) is 10.2 Å². The summed E-state index contributed by atoms with van der Waals surface area (Å²) in [5, 5.41) is 17.9. The molecule has 0 bridgehead atoms. The summed E-state index contributed by atoms with van der Waals surface area (Å²) >= 11 is 0.698. The maximum atomic E-state index is 13.4. The van der Waals surface area contributed by atoms with Crippen LogP contribution in [-0.2, 0) is 14.8 Å². The van der Waals surface area contributed by atoms with E-state index in [2.05, 4.69) is 24.9 Å². The summed E-state index contributed by atoms with van der Waals surface area (Å²) in [5.74, 6) is 0.937. The van der Waals surface area contributed by atoms with Crippen LogP contribution >= 0.6 is 11.3 Å². The Morgan fingerprint density at radius 3 is 2.82 bits per heavy atom. The molecule has 6 rings (SSSR count). The first kappa shape index (κ1) is 25.0. The van der Waals surface area contributed by atoms with E-state index in [4.69, 9.17) is 4.74 Å². The van der Waals surface area contributed by atoms with Crippen molar-refractivity contribution in [2.75, 3.05) is 31.7 Å². The number of ether oxygens (including phenoxy) is 1. The van der Waals surface area contributed by atoms with Crippen LogP contribution in [0.15, 0.2) is 29.4 Å². The molecule has 2 fully saturated rings. The zero-order valence-electron chi connectivity index (χ0n) is 20.1. The Labute approximate surface area is 220 Å². The molecule has 1 aliphatic heterocycles. The lowest BCUT2D eigenvalue weighted by molar-refractivity contribution is 0.150. The number of nitriles is 1. The van der Waals surface area contributed by atoms with Crippen LogP contribution in [0, 0.1) is 17.2 Å². The monoisotopic (exact) mass is 560 g/mol. The second kappa shape index (κ2) is 9.16. The predicted molar refractivity (Wildman–Crippen MR) is 135 cm³/mol. The van der Waals surface area contributed by atoms with Gasteiger partial charge in [0.1, 0.15) is 17.7 Å². The lowest BCUT2D eigenvalue weighted by atomic mass is 10.1. The van der Waals surface area contributed by atoms with Crippen LogP contribution in [0.1, 0.15) is 30.7 Å². The molecule has 4 heterocycles. The lowest BCUT2D eigenvalue weighted by Crippen LogP contribution is -2.35. The number of anilines is 1. The van der Waals surface area contributed by atoms with E-state index in [1.807, 2.05) is 18.0 Å². The highest BCUT2D eigenvalue weighted by Gasteiger charge is 2.46. The Morgan fingerprint density at radius 1 is 1.34 bits per heavy atom. The number of hydrogen-bond donors (Lipinski definition) is 1. The summed E-state index contributed by atoms with van der Waals surface area (Å²) in [6.07, 6.45) is 0.375. The fourth-order valence-corrected chi connectivity index (χ4v) is 6.85. The zero-order chi connectivity index (χ0) is 26.7. The fourth-order valence-electron chi connectivity index (χ4n) is 4.73. The minimum absolute atomic E-state index is 0.0693. The topological polar surface area (TPSA) is 139 Å². The van der Waals surface area contributed by atoms with Crippen LogP contribution in [0.3, 0.4) is 0 Å². The summed E-state index contributed by atoms with van der Waals surface area (Å²) < 4.78 is 62.6. The summed E-state index contributed by atoms with van der Waals surface area (Å²) in [7, 11) is -2.14. The third-order valence-electron chi connectivity index (χ3n) is 6.83. The molecule has 2 aliphatic rings. The predicted octanol–water partition coefficient (Wildman–Crippen LogP) is 3.17. The molecule has 0 amide bonds. The van der Waals surface area contributed by atoms with Crippen molar-refractivity contribution < 1.29 is 21.9 Å². The standard InChI is InChI=1S/C23H22F2N8O3S2/c1-32(9-13-4-7-36-10-13)19-17-15-3-2-14(38(34,35)31-23(11-26)5-6-23)8-16(15)33(20(17)28-12-27-19)22-30-29-21(37-22)18(24)25/h2-3,8,12-13,18,31H,4-7,9-10H2,1H3/t13-/m1/s1. The van der Waals surface area contributed by atoms with Gasteiger partial charge in [-0.05, 0) is 31.4 Å². The summed E-state index contributed by atoms with van der Waals surface area (Å²) in [6, 6.07) is 6.55. The summed E-state index contributed by atoms with van der Waals surface area (Å²) in [5.41, 5.74) is -0.326. The molecule has 0 spiro atoms. The average molecular weight is 561 g/mol. The van der Waals surface area contributed by atoms with Crippen molar-refractivity contribution in [3.63, 3.8) is 0 Å². The fraction of sp³-hybridized carbons (Fsp3) is 0.435. The number of halogens is 2. The Balaban J connectivity index is 1.54. The van der Waals surface area contributed by atoms with Gasteiger partial charge in [0, 0.05) is 31.5 Å². The van der Waals surface area contributed by atoms with E-state index in [9.17, 15) is 22.5 Å². The van der Waals surface area contributed by atoms with Gasteiger partial charge in [-0.3, -0.25) is 4.57 Å². The second-order valence-corrected chi connectivity index (χ2v) is 12.2. The zero-order valence-corrected chi connectivity index (χ0v) is 21.8. The van der Waals surface area contributed by atoms with E-state index in [-0.39, 0.29) is 10.0 Å². The third-order valence-corrected chi connectivity index (χ3v) is 9.28. The normalized spacial score (nSPS) is 18.9. The molecule has 1 aliphatic carbocycles. The van der Waals surface area contributed by atoms with Gasteiger partial charge in [0.05, 0.1) is 28.5 Å². The first-order chi connectivity index (χ1) is 18.2. The summed E-state index contributed by atoms with van der Waals surface area (Å²) in [4.78, 5) is 10.9. The van der Waals surface area contributed by atoms with E-state index in [1.54, 1.807) is 6.07 Å². The smallest absolute Gasteiger partial charge is 0.291 e. The van der Waals surface area contributed by atoms with Gasteiger partial charge in [-0.2, -0.15) is 9.98 Å². The van der Waals surface area contributed by atoms with Crippen LogP contribution in [0.2, 0.25) is 0 Å². The maximum absolute atomic E-state index is 13.4. The molecule has 15 heteroatoms. The van der Waals surface area contributed by atoms with Crippen molar-refractivity contribution in [2.24, 2.45) is 5.92 Å². The van der Waals surface area contributed by atoms with E-state index in [0.717, 1.165) is 6.42 Å². The first-order valence-corrected chi connectivity index (χ1v) is 14.2. The molecule has 11 nitrogen and oxygen atoms in total. The quantitative estimate of drug-likeness (QED) is 0.344. The van der Waals surface area contributed by atoms with Gasteiger partial charge in [0.2, 0.25) is 15.2 Å². The maximum Gasteiger partial charge on any atom is 0.291 e. The Bertz CT molecular complexity index is 1690. The molecule has 1 atom stereocenters. The highest BCUT2D eigenvalue weighted by atomic mass is 32.2. The van der Waals surface area contributed by atoms with Gasteiger partial charge in [0.25, 0.3) is 6.43 Å². The molecular formula is C23H22F2N8O3S2. The first-order valence-electron chi connectivity index (χ1n) is 11.9. The number of hydrogen-bond acceptors (Lipinski definition) is 10. The van der Waals surface area contributed by atoms with Crippen molar-refractivity contribution >= 4 is 49.1 Å². The van der Waals surface area contributed by atoms with E-state index < -0.39 is 27.0 Å². The van der Waals surface area contributed by atoms with Crippen LogP contribution in [0.5, 0.6) is 0 Å². The number of benzene rings is 1. The van der Waals surface area contributed by atoms with E-state index >= 15 is 0 Å². The molecule has 0 unspecified atom stereocenters. The van der Waals surface area contributed by atoms with Crippen molar-refractivity contribution in [2.45, 2.75) is 36.1 Å². The van der Waals surface area contributed by atoms with Crippen LogP contribution in [0.25, 0.3) is 27.1 Å². The van der Waals surface area contributed by atoms with Gasteiger partial charge in [0.15, 0.2) is 10.7 Å². The molecule has 38 heavy (non-hydrogen) atoms. The van der Waals surface area contributed by atoms with Crippen molar-refractivity contribution in [1.29, 1.82) is 5.26 Å². The minimum Gasteiger partial charge on any atom is -0.381 e. The van der Waals surface area contributed by atoms with Crippen molar-refractivity contribution in [3.05, 3.63) is 29.5 Å². The number of rotatable bonds is 8. The molecule has 1 saturated carbocycles. The SMILES string of the molecule is CN(C[C@H]1CCOC1)c1ncnc2c1c1ccc(S(=O)(=O)NC3(C#N)CC3)cc1n2-c1nnc(C(F)F)s1. The minimum atomic E-state index is -4.04. The van der Waals surface area contributed by atoms with E-state index in [0.29, 0.717) is 77.6 Å². The molecule has 0 radical (unpaired) electrons. The molecule has 198 valence electrons. The Hall–Kier alpha value is -3.32. The van der Waals surface area contributed by atoms with Crippen LogP contribution in [0.4, 0.5) is 14.6 Å². The number of nitrogens with one attached hydrogen (secondary N) is 1. The Morgan fingerprint density at radius 2 is 2.16 bits per heavy atom. The number of sulfonamides is 1.